The second-order valence-electron chi connectivity index (χ2n) is 6.60. The summed E-state index contributed by atoms with van der Waals surface area (Å²) in [5, 5.41) is 3.26. The van der Waals surface area contributed by atoms with Gasteiger partial charge in [0, 0.05) is 12.0 Å². The second kappa shape index (κ2) is 10.6. The highest BCUT2D eigenvalue weighted by Crippen LogP contribution is 2.26. The molecule has 1 aliphatic rings. The largest absolute Gasteiger partial charge is 0.497 e. The molecule has 1 aliphatic carbocycles. The van der Waals surface area contributed by atoms with Crippen molar-refractivity contribution >= 4 is 18.3 Å². The lowest BCUT2D eigenvalue weighted by Crippen LogP contribution is -2.39. The van der Waals surface area contributed by atoms with Crippen molar-refractivity contribution < 1.29 is 9.53 Å². The number of amides is 1. The molecule has 0 bridgehead atoms. The minimum absolute atomic E-state index is 0. The molecule has 1 saturated carbocycles. The number of nitrogens with one attached hydrogen (secondary N) is 1. The summed E-state index contributed by atoms with van der Waals surface area (Å²) in [4.78, 5) is 12.6. The maximum atomic E-state index is 12.6. The summed E-state index contributed by atoms with van der Waals surface area (Å²) < 4.78 is 5.22. The molecule has 1 aromatic carbocycles. The zero-order valence-corrected chi connectivity index (χ0v) is 15.6. The quantitative estimate of drug-likeness (QED) is 0.778. The lowest BCUT2D eigenvalue weighted by Gasteiger charge is -2.28. The highest BCUT2D eigenvalue weighted by atomic mass is 35.5. The Kier molecular flexibility index (Phi) is 9.16. The van der Waals surface area contributed by atoms with Gasteiger partial charge in [0.15, 0.2) is 0 Å². The van der Waals surface area contributed by atoms with Crippen LogP contribution in [0.5, 0.6) is 5.75 Å². The van der Waals surface area contributed by atoms with Crippen molar-refractivity contribution in [3.05, 3.63) is 29.8 Å². The van der Waals surface area contributed by atoms with Crippen LogP contribution in [0, 0.1) is 5.92 Å². The van der Waals surface area contributed by atoms with Gasteiger partial charge in [0.2, 0.25) is 5.91 Å². The lowest BCUT2D eigenvalue weighted by atomic mass is 9.85. The molecule has 0 radical (unpaired) electrons. The Labute approximate surface area is 151 Å². The lowest BCUT2D eigenvalue weighted by molar-refractivity contribution is -0.127. The number of benzene rings is 1. The summed E-state index contributed by atoms with van der Waals surface area (Å²) in [6.07, 6.45) is 7.06. The summed E-state index contributed by atoms with van der Waals surface area (Å²) in [6, 6.07) is 8.26. The van der Waals surface area contributed by atoms with Gasteiger partial charge in [0.25, 0.3) is 0 Å². The smallest absolute Gasteiger partial charge is 0.223 e. The molecule has 3 N–H and O–H groups in total. The molecule has 0 saturated heterocycles. The first-order valence-corrected chi connectivity index (χ1v) is 8.84. The van der Waals surface area contributed by atoms with E-state index in [0.29, 0.717) is 0 Å². The van der Waals surface area contributed by atoms with Crippen LogP contribution in [-0.2, 0) is 4.79 Å². The van der Waals surface area contributed by atoms with Crippen LogP contribution in [-0.4, -0.2) is 19.1 Å². The number of carbonyl (C=O) groups excluding carboxylic acids is 1. The molecule has 3 atom stereocenters. The number of carbonyl (C=O) groups is 1. The third-order valence-corrected chi connectivity index (χ3v) is 4.77. The maximum Gasteiger partial charge on any atom is 0.223 e. The molecule has 1 fully saturated rings. The Morgan fingerprint density at radius 3 is 2.62 bits per heavy atom. The van der Waals surface area contributed by atoms with Crippen LogP contribution in [0.1, 0.15) is 63.5 Å². The Bertz CT molecular complexity index is 493. The number of ether oxygens (including phenoxy) is 1. The van der Waals surface area contributed by atoms with Gasteiger partial charge in [-0.3, -0.25) is 4.79 Å². The van der Waals surface area contributed by atoms with Crippen LogP contribution in [0.25, 0.3) is 0 Å². The van der Waals surface area contributed by atoms with Gasteiger partial charge in [0.1, 0.15) is 5.75 Å². The number of halogens is 1. The molecule has 1 aromatic rings. The molecule has 3 unspecified atom stereocenters. The van der Waals surface area contributed by atoms with E-state index < -0.39 is 0 Å². The molecule has 0 heterocycles. The molecule has 1 amide bonds. The maximum absolute atomic E-state index is 12.6. The van der Waals surface area contributed by atoms with E-state index in [1.807, 2.05) is 24.3 Å². The number of hydrogen-bond donors (Lipinski definition) is 2. The fourth-order valence-corrected chi connectivity index (χ4v) is 3.32. The number of hydrogen-bond acceptors (Lipinski definition) is 3. The summed E-state index contributed by atoms with van der Waals surface area (Å²) in [5.74, 6) is 1.07. The van der Waals surface area contributed by atoms with Crippen LogP contribution < -0.4 is 15.8 Å². The van der Waals surface area contributed by atoms with E-state index in [4.69, 9.17) is 10.5 Å². The van der Waals surface area contributed by atoms with E-state index in [0.717, 1.165) is 56.3 Å². The molecule has 136 valence electrons. The Balaban J connectivity index is 0.00000288. The van der Waals surface area contributed by atoms with Crippen molar-refractivity contribution in [3.63, 3.8) is 0 Å². The zero-order chi connectivity index (χ0) is 16.7. The zero-order valence-electron chi connectivity index (χ0n) is 14.8. The number of nitrogens with two attached hydrogens (primary N) is 1. The van der Waals surface area contributed by atoms with Crippen molar-refractivity contribution in [1.29, 1.82) is 0 Å². The van der Waals surface area contributed by atoms with Crippen LogP contribution in [0.15, 0.2) is 24.3 Å². The molecular weight excluding hydrogens is 324 g/mol. The van der Waals surface area contributed by atoms with E-state index in [1.165, 1.54) is 0 Å². The van der Waals surface area contributed by atoms with Crippen molar-refractivity contribution in [2.75, 3.05) is 7.11 Å². The van der Waals surface area contributed by atoms with E-state index in [2.05, 4.69) is 12.2 Å². The van der Waals surface area contributed by atoms with Crippen molar-refractivity contribution in [2.24, 2.45) is 11.7 Å². The molecule has 24 heavy (non-hydrogen) atoms. The standard InChI is InChI=1S/C19H30N2O2.ClH/c1-3-4-8-18(14-9-11-17(23-2)12-10-14)21-19(22)15-6-5-7-16(20)13-15;/h9-12,15-16,18H,3-8,13,20H2,1-2H3,(H,21,22);1H. The van der Waals surface area contributed by atoms with Gasteiger partial charge in [-0.1, -0.05) is 38.3 Å². The van der Waals surface area contributed by atoms with Crippen LogP contribution in [0.4, 0.5) is 0 Å². The molecule has 0 spiro atoms. The molecule has 0 aromatic heterocycles. The van der Waals surface area contributed by atoms with Gasteiger partial charge in [-0.25, -0.2) is 0 Å². The number of rotatable bonds is 7. The van der Waals surface area contributed by atoms with Gasteiger partial charge < -0.3 is 15.8 Å². The summed E-state index contributed by atoms with van der Waals surface area (Å²) in [7, 11) is 1.66. The van der Waals surface area contributed by atoms with Crippen LogP contribution in [0.3, 0.4) is 0 Å². The minimum atomic E-state index is 0. The van der Waals surface area contributed by atoms with Gasteiger partial charge >= 0.3 is 0 Å². The number of methoxy groups -OCH3 is 1. The molecule has 0 aliphatic heterocycles. The molecule has 2 rings (SSSR count). The van der Waals surface area contributed by atoms with Gasteiger partial charge in [-0.2, -0.15) is 0 Å². The highest BCUT2D eigenvalue weighted by molar-refractivity contribution is 5.85. The van der Waals surface area contributed by atoms with Gasteiger partial charge in [0.05, 0.1) is 13.2 Å². The topological polar surface area (TPSA) is 64.4 Å². The Hall–Kier alpha value is -1.26. The summed E-state index contributed by atoms with van der Waals surface area (Å²) in [6.45, 7) is 2.17. The van der Waals surface area contributed by atoms with E-state index in [-0.39, 0.29) is 36.3 Å². The van der Waals surface area contributed by atoms with Gasteiger partial charge in [-0.15, -0.1) is 12.4 Å². The first-order valence-electron chi connectivity index (χ1n) is 8.84. The fraction of sp³-hybridized carbons (Fsp3) is 0.632. The first kappa shape index (κ1) is 20.8. The van der Waals surface area contributed by atoms with Crippen molar-refractivity contribution in [1.82, 2.24) is 5.32 Å². The minimum Gasteiger partial charge on any atom is -0.497 e. The van der Waals surface area contributed by atoms with E-state index in [1.54, 1.807) is 7.11 Å². The van der Waals surface area contributed by atoms with Crippen LogP contribution >= 0.6 is 12.4 Å². The molecule has 5 heteroatoms. The fourth-order valence-electron chi connectivity index (χ4n) is 3.32. The Morgan fingerprint density at radius 1 is 1.33 bits per heavy atom. The average Bonchev–Trinajstić information content (AvgIpc) is 2.58. The molecular formula is C19H31ClN2O2. The Morgan fingerprint density at radius 2 is 2.04 bits per heavy atom. The predicted molar refractivity (Wildman–Crippen MR) is 101 cm³/mol. The average molecular weight is 355 g/mol. The monoisotopic (exact) mass is 354 g/mol. The van der Waals surface area contributed by atoms with Crippen molar-refractivity contribution in [2.45, 2.75) is 64.0 Å². The van der Waals surface area contributed by atoms with Crippen molar-refractivity contribution in [3.8, 4) is 5.75 Å². The SMILES string of the molecule is CCCCC(NC(=O)C1CCCC(N)C1)c1ccc(OC)cc1.Cl. The predicted octanol–water partition coefficient (Wildman–Crippen LogP) is 3.98. The summed E-state index contributed by atoms with van der Waals surface area (Å²) in [5.41, 5.74) is 7.17. The highest BCUT2D eigenvalue weighted by Gasteiger charge is 2.27. The normalized spacial score (nSPS) is 21.5. The third kappa shape index (κ3) is 5.99. The summed E-state index contributed by atoms with van der Waals surface area (Å²) >= 11 is 0. The number of unbranched alkanes of at least 4 members (excludes halogenated alkanes) is 1. The third-order valence-electron chi connectivity index (χ3n) is 4.77. The molecule has 4 nitrogen and oxygen atoms in total. The van der Waals surface area contributed by atoms with Crippen LogP contribution in [0.2, 0.25) is 0 Å². The van der Waals surface area contributed by atoms with E-state index in [9.17, 15) is 4.79 Å². The van der Waals surface area contributed by atoms with E-state index >= 15 is 0 Å². The second-order valence-corrected chi connectivity index (χ2v) is 6.60. The van der Waals surface area contributed by atoms with Gasteiger partial charge in [-0.05, 0) is 43.4 Å². The first-order chi connectivity index (χ1) is 11.1.